The third kappa shape index (κ3) is 35.1. The van der Waals surface area contributed by atoms with Gasteiger partial charge in [-0.2, -0.15) is 0 Å². The molecular weight excluding hydrogens is 921 g/mol. The highest BCUT2D eigenvalue weighted by Gasteiger charge is 2.08. The number of hydrogen-bond donors (Lipinski definition) is 5. The van der Waals surface area contributed by atoms with E-state index in [4.69, 9.17) is 39.8 Å². The summed E-state index contributed by atoms with van der Waals surface area (Å²) in [5.41, 5.74) is 6.59. The number of esters is 2. The summed E-state index contributed by atoms with van der Waals surface area (Å²) in [7, 11) is 0. The lowest BCUT2D eigenvalue weighted by Crippen LogP contribution is -2.04. The molecule has 0 aliphatic heterocycles. The van der Waals surface area contributed by atoms with Crippen LogP contribution in [0, 0.1) is 6.92 Å². The van der Waals surface area contributed by atoms with Crippen LogP contribution in [-0.4, -0.2) is 49.2 Å². The van der Waals surface area contributed by atoms with E-state index in [1.165, 1.54) is 13.8 Å². The normalized spacial score (nSPS) is 11.9. The first-order valence-electron chi connectivity index (χ1n) is 23.6. The Kier molecular flexibility index (Phi) is 35.8. The summed E-state index contributed by atoms with van der Waals surface area (Å²) in [4.78, 5) is 40.9. The molecule has 0 amide bonds. The summed E-state index contributed by atoms with van der Waals surface area (Å²) in [6.45, 7) is 17.9. The Hall–Kier alpha value is -7.67. The number of rotatable bonds is 9. The first-order chi connectivity index (χ1) is 34.7. The van der Waals surface area contributed by atoms with Gasteiger partial charge in [-0.05, 0) is 69.4 Å². The highest BCUT2D eigenvalue weighted by atomic mass is 16.5. The van der Waals surface area contributed by atoms with E-state index in [1.807, 2.05) is 226 Å². The van der Waals surface area contributed by atoms with Crippen LogP contribution in [-0.2, 0) is 23.9 Å². The van der Waals surface area contributed by atoms with Crippen LogP contribution in [0.4, 0.5) is 0 Å². The fraction of sp³-hybridized carbons (Fsp3) is 0.242. The molecule has 0 bridgehead atoms. The van der Waals surface area contributed by atoms with Gasteiger partial charge < -0.3 is 35.0 Å². The van der Waals surface area contributed by atoms with Gasteiger partial charge in [0.2, 0.25) is 6.10 Å². The molecule has 6 atom stereocenters. The largest absolute Gasteiger partial charge is 0.481 e. The summed E-state index contributed by atoms with van der Waals surface area (Å²) < 4.78 is 9.99. The van der Waals surface area contributed by atoms with E-state index in [9.17, 15) is 14.4 Å². The maximum absolute atomic E-state index is 10.6. The molecule has 0 fully saturated rings. The minimum absolute atomic E-state index is 0.121. The van der Waals surface area contributed by atoms with Crippen LogP contribution in [0.1, 0.15) is 143 Å². The molecule has 0 heterocycles. The molecule has 7 aromatic carbocycles. The third-order valence-electron chi connectivity index (χ3n) is 9.43. The zero-order valence-corrected chi connectivity index (χ0v) is 43.6. The first-order valence-corrected chi connectivity index (χ1v) is 23.6. The molecule has 0 radical (unpaired) electrons. The van der Waals surface area contributed by atoms with Gasteiger partial charge in [0.1, 0.15) is 12.2 Å². The van der Waals surface area contributed by atoms with E-state index >= 15 is 0 Å². The SMILES string of the molecule is CC(=O)O.CC(=O)O[C@@H](C)c1ccccc1.CC(=O)O[C@H](C)c1ccccc1.CC(=O)c1ccccc1.C[C@@H](O)c1ccccc1.C[C@H](O)c1ccccc1.C[C@H](O)c1ccccc1.[CH2+][C@H](O)c1ccccc1. The van der Waals surface area contributed by atoms with Gasteiger partial charge in [-0.15, -0.1) is 0 Å². The van der Waals surface area contributed by atoms with Crippen molar-refractivity contribution in [3.8, 4) is 0 Å². The van der Waals surface area contributed by atoms with E-state index in [0.717, 1.165) is 45.9 Å². The van der Waals surface area contributed by atoms with Crippen molar-refractivity contribution >= 4 is 23.7 Å². The van der Waals surface area contributed by atoms with Crippen molar-refractivity contribution in [3.63, 3.8) is 0 Å². The molecule has 0 saturated carbocycles. The van der Waals surface area contributed by atoms with Gasteiger partial charge in [0.05, 0.1) is 25.2 Å². The molecule has 11 heteroatoms. The molecule has 388 valence electrons. The van der Waals surface area contributed by atoms with E-state index in [-0.39, 0.29) is 48.2 Å². The predicted molar refractivity (Wildman–Crippen MR) is 291 cm³/mol. The highest BCUT2D eigenvalue weighted by Crippen LogP contribution is 2.17. The average molecular weight is 996 g/mol. The Morgan fingerprint density at radius 1 is 0.356 bits per heavy atom. The number of ether oxygens (including phenoxy) is 2. The number of ketones is 1. The van der Waals surface area contributed by atoms with Crippen LogP contribution < -0.4 is 0 Å². The van der Waals surface area contributed by atoms with Crippen molar-refractivity contribution < 1.29 is 54.2 Å². The number of carboxylic acids is 1. The number of aliphatic hydroxyl groups excluding tert-OH is 4. The van der Waals surface area contributed by atoms with Crippen LogP contribution in [0.2, 0.25) is 0 Å². The first kappa shape index (κ1) is 65.3. The zero-order chi connectivity index (χ0) is 55.0. The summed E-state index contributed by atoms with van der Waals surface area (Å²) >= 11 is 0. The number of carboxylic acid groups (broad SMARTS) is 1. The lowest BCUT2D eigenvalue weighted by Gasteiger charge is -2.11. The van der Waals surface area contributed by atoms with E-state index in [1.54, 1.807) is 27.7 Å². The Bertz CT molecular complexity index is 2200. The minimum atomic E-state index is -0.833. The number of benzene rings is 7. The molecule has 0 saturated heterocycles. The molecular formula is C62H75O11+. The number of hydrogen-bond acceptors (Lipinski definition) is 10. The van der Waals surface area contributed by atoms with Gasteiger partial charge >= 0.3 is 11.9 Å². The topological polar surface area (TPSA) is 188 Å². The van der Waals surface area contributed by atoms with Gasteiger partial charge in [0, 0.05) is 31.9 Å². The number of carbonyl (C=O) groups excluding carboxylic acids is 3. The van der Waals surface area contributed by atoms with Crippen LogP contribution in [0.25, 0.3) is 0 Å². The van der Waals surface area contributed by atoms with E-state index in [0.29, 0.717) is 0 Å². The van der Waals surface area contributed by atoms with Gasteiger partial charge in [-0.25, -0.2) is 0 Å². The second kappa shape index (κ2) is 40.0. The summed E-state index contributed by atoms with van der Waals surface area (Å²) in [6.07, 6.45) is -1.91. The standard InChI is InChI=1S/2C10H12O2.3C8H10O.C8H9O.C8H8O.C2H4O2/c2*1-8(12-9(2)11)10-6-4-3-5-7-10;5*1-7(9)8-5-3-2-4-6-8;1-2(3)4/h2*3-8H,1-2H3;3*2-7,9H,1H3;2-7,9H,1H2;2-6H,1H3;1H3,(H,3,4)/q;;;;;+1;;/t2*8-;4*7-;;/m101000../s1. The van der Waals surface area contributed by atoms with Crippen molar-refractivity contribution in [3.05, 3.63) is 258 Å². The Labute approximate surface area is 433 Å². The summed E-state index contributed by atoms with van der Waals surface area (Å²) in [5, 5.41) is 43.4. The van der Waals surface area contributed by atoms with Gasteiger partial charge in [0.15, 0.2) is 5.78 Å². The van der Waals surface area contributed by atoms with E-state index in [2.05, 4.69) is 6.92 Å². The van der Waals surface area contributed by atoms with Crippen molar-refractivity contribution in [2.24, 2.45) is 0 Å². The molecule has 0 spiro atoms. The molecule has 0 unspecified atom stereocenters. The van der Waals surface area contributed by atoms with Crippen LogP contribution in [0.5, 0.6) is 0 Å². The summed E-state index contributed by atoms with van der Waals surface area (Å²) in [6, 6.07) is 66.7. The van der Waals surface area contributed by atoms with Crippen molar-refractivity contribution in [1.82, 2.24) is 0 Å². The second-order valence-electron chi connectivity index (χ2n) is 16.0. The zero-order valence-electron chi connectivity index (χ0n) is 43.6. The van der Waals surface area contributed by atoms with Crippen molar-refractivity contribution in [2.45, 2.75) is 98.9 Å². The van der Waals surface area contributed by atoms with Gasteiger partial charge in [0.25, 0.3) is 5.97 Å². The minimum Gasteiger partial charge on any atom is -0.481 e. The van der Waals surface area contributed by atoms with E-state index < -0.39 is 12.1 Å². The molecule has 7 rings (SSSR count). The van der Waals surface area contributed by atoms with Gasteiger partial charge in [-0.1, -0.05) is 212 Å². The number of aliphatic hydroxyl groups is 4. The predicted octanol–water partition coefficient (Wildman–Crippen LogP) is 13.4. The van der Waals surface area contributed by atoms with Crippen LogP contribution in [0.3, 0.4) is 0 Å². The van der Waals surface area contributed by atoms with Crippen LogP contribution in [0.15, 0.2) is 212 Å². The molecule has 0 aliphatic rings. The summed E-state index contributed by atoms with van der Waals surface area (Å²) in [5.74, 6) is -1.20. The molecule has 0 aromatic heterocycles. The van der Waals surface area contributed by atoms with Crippen LogP contribution >= 0.6 is 0 Å². The maximum Gasteiger partial charge on any atom is 0.303 e. The quantitative estimate of drug-likeness (QED) is 0.0526. The monoisotopic (exact) mass is 996 g/mol. The van der Waals surface area contributed by atoms with Crippen molar-refractivity contribution in [2.75, 3.05) is 0 Å². The lowest BCUT2D eigenvalue weighted by molar-refractivity contribution is -0.146. The fourth-order valence-corrected chi connectivity index (χ4v) is 5.62. The Morgan fingerprint density at radius 2 is 0.548 bits per heavy atom. The number of Topliss-reactive ketones (excluding diaryl/α,β-unsaturated/α-hetero) is 1. The maximum atomic E-state index is 10.6. The molecule has 5 N–H and O–H groups in total. The second-order valence-corrected chi connectivity index (χ2v) is 16.0. The third-order valence-corrected chi connectivity index (χ3v) is 9.43. The van der Waals surface area contributed by atoms with Crippen molar-refractivity contribution in [1.29, 1.82) is 0 Å². The Balaban J connectivity index is 0.000000821. The fourth-order valence-electron chi connectivity index (χ4n) is 5.62. The Morgan fingerprint density at radius 3 is 0.685 bits per heavy atom. The number of aliphatic carboxylic acids is 1. The molecule has 11 nitrogen and oxygen atoms in total. The molecule has 0 aliphatic carbocycles. The highest BCUT2D eigenvalue weighted by molar-refractivity contribution is 5.93. The molecule has 73 heavy (non-hydrogen) atoms. The lowest BCUT2D eigenvalue weighted by atomic mass is 10.1. The molecule has 7 aromatic rings. The smallest absolute Gasteiger partial charge is 0.303 e. The average Bonchev–Trinajstić information content (AvgIpc) is 3.39. The van der Waals surface area contributed by atoms with Gasteiger partial charge in [-0.3, -0.25) is 19.2 Å². The number of carbonyl (C=O) groups is 4.